The van der Waals surface area contributed by atoms with Gasteiger partial charge in [-0.25, -0.2) is 4.39 Å². The van der Waals surface area contributed by atoms with Crippen molar-refractivity contribution in [2.75, 3.05) is 0 Å². The topological polar surface area (TPSA) is 12.4 Å². The zero-order chi connectivity index (χ0) is 8.15. The molecule has 0 unspecified atom stereocenters. The van der Waals surface area contributed by atoms with Gasteiger partial charge in [0.1, 0.15) is 5.83 Å². The molecule has 0 fully saturated rings. The molecule has 0 aromatic carbocycles. The first-order valence-electron chi connectivity index (χ1n) is 3.10. The van der Waals surface area contributed by atoms with E-state index in [-0.39, 0.29) is 11.7 Å². The van der Waals surface area contributed by atoms with Crippen molar-refractivity contribution < 1.29 is 4.39 Å². The second-order valence-electron chi connectivity index (χ2n) is 2.34. The van der Waals surface area contributed by atoms with Crippen LogP contribution < -0.4 is 0 Å². The zero-order valence-corrected chi connectivity index (χ0v) is 6.39. The molecule has 0 rings (SSSR count). The van der Waals surface area contributed by atoms with Crippen LogP contribution in [0.15, 0.2) is 29.2 Å². The van der Waals surface area contributed by atoms with Crippen molar-refractivity contribution >= 4 is 6.72 Å². The highest BCUT2D eigenvalue weighted by Gasteiger charge is 2.04. The largest absolute Gasteiger partial charge is 0.269 e. The van der Waals surface area contributed by atoms with Crippen LogP contribution in [0.25, 0.3) is 0 Å². The van der Waals surface area contributed by atoms with Crippen LogP contribution in [0.5, 0.6) is 0 Å². The highest BCUT2D eigenvalue weighted by Crippen LogP contribution is 2.17. The molecule has 2 heteroatoms. The first-order valence-corrected chi connectivity index (χ1v) is 3.10. The Kier molecular flexibility index (Phi) is 3.62. The Morgan fingerprint density at radius 3 is 2.40 bits per heavy atom. The molecular weight excluding hydrogens is 129 g/mol. The van der Waals surface area contributed by atoms with Gasteiger partial charge in [-0.15, -0.1) is 0 Å². The maximum atomic E-state index is 12.7. The Balaban J connectivity index is 4.21. The number of nitrogens with zero attached hydrogens (tertiary/aromatic N) is 1. The van der Waals surface area contributed by atoms with Gasteiger partial charge in [0.05, 0.1) is 6.20 Å². The Bertz CT molecular complexity index is 168. The fraction of sp³-hybridized carbons (Fsp3) is 0.375. The molecule has 0 aromatic rings. The third-order valence-electron chi connectivity index (χ3n) is 1.21. The predicted octanol–water partition coefficient (Wildman–Crippen LogP) is 2.71. The number of rotatable bonds is 3. The van der Waals surface area contributed by atoms with Crippen LogP contribution >= 0.6 is 0 Å². The van der Waals surface area contributed by atoms with Crippen molar-refractivity contribution in [3.63, 3.8) is 0 Å². The van der Waals surface area contributed by atoms with Crippen LogP contribution in [0.4, 0.5) is 4.39 Å². The predicted molar refractivity (Wildman–Crippen MR) is 42.7 cm³/mol. The molecule has 1 nitrogen and oxygen atoms in total. The van der Waals surface area contributed by atoms with Gasteiger partial charge in [-0.3, -0.25) is 4.99 Å². The van der Waals surface area contributed by atoms with Crippen LogP contribution in [-0.4, -0.2) is 6.72 Å². The number of hydrogen-bond acceptors (Lipinski definition) is 1. The van der Waals surface area contributed by atoms with E-state index in [1.807, 2.05) is 13.8 Å². The number of aliphatic imine (C=N–C) groups is 1. The molecule has 0 saturated heterocycles. The van der Waals surface area contributed by atoms with Gasteiger partial charge < -0.3 is 0 Å². The van der Waals surface area contributed by atoms with E-state index in [2.05, 4.69) is 18.3 Å². The smallest absolute Gasteiger partial charge is 0.144 e. The third-order valence-corrected chi connectivity index (χ3v) is 1.21. The molecule has 0 spiro atoms. The molecule has 0 heterocycles. The summed E-state index contributed by atoms with van der Waals surface area (Å²) >= 11 is 0. The Labute approximate surface area is 61.0 Å². The highest BCUT2D eigenvalue weighted by molar-refractivity contribution is 5.30. The lowest BCUT2D eigenvalue weighted by Crippen LogP contribution is -1.91. The Morgan fingerprint density at radius 1 is 1.60 bits per heavy atom. The van der Waals surface area contributed by atoms with E-state index in [0.717, 1.165) is 6.20 Å². The van der Waals surface area contributed by atoms with E-state index in [0.29, 0.717) is 5.57 Å². The number of allylic oxidation sites excluding steroid dienone is 2. The van der Waals surface area contributed by atoms with Gasteiger partial charge in [0.25, 0.3) is 0 Å². The van der Waals surface area contributed by atoms with E-state index in [9.17, 15) is 4.39 Å². The van der Waals surface area contributed by atoms with Crippen LogP contribution in [0.3, 0.4) is 0 Å². The molecule has 0 aliphatic carbocycles. The second-order valence-corrected chi connectivity index (χ2v) is 2.34. The lowest BCUT2D eigenvalue weighted by atomic mass is 10.1. The maximum absolute atomic E-state index is 12.7. The zero-order valence-electron chi connectivity index (χ0n) is 6.39. The summed E-state index contributed by atoms with van der Waals surface area (Å²) in [6, 6.07) is 0. The first kappa shape index (κ1) is 9.08. The maximum Gasteiger partial charge on any atom is 0.144 e. The lowest BCUT2D eigenvalue weighted by molar-refractivity contribution is 0.608. The molecule has 0 aromatic heterocycles. The molecule has 0 bridgehead atoms. The summed E-state index contributed by atoms with van der Waals surface area (Å²) in [4.78, 5) is 3.29. The minimum atomic E-state index is -0.384. The third kappa shape index (κ3) is 2.58. The lowest BCUT2D eigenvalue weighted by Gasteiger charge is -2.04. The summed E-state index contributed by atoms with van der Waals surface area (Å²) in [7, 11) is 0. The summed E-state index contributed by atoms with van der Waals surface area (Å²) in [6.07, 6.45) is 1.07. The molecule has 0 N–H and O–H groups in total. The van der Waals surface area contributed by atoms with Crippen molar-refractivity contribution in [1.82, 2.24) is 0 Å². The van der Waals surface area contributed by atoms with Crippen molar-refractivity contribution in [2.24, 2.45) is 10.9 Å². The molecular formula is C8H12FN. The Hall–Kier alpha value is -0.920. The summed E-state index contributed by atoms with van der Waals surface area (Å²) in [6.45, 7) is 10.4. The average molecular weight is 141 g/mol. The van der Waals surface area contributed by atoms with Crippen molar-refractivity contribution in [3.8, 4) is 0 Å². The molecule has 56 valence electrons. The van der Waals surface area contributed by atoms with Gasteiger partial charge >= 0.3 is 0 Å². The minimum absolute atomic E-state index is 0.123. The number of hydrogen-bond donors (Lipinski definition) is 0. The molecule has 10 heavy (non-hydrogen) atoms. The fourth-order valence-corrected chi connectivity index (χ4v) is 0.439. The molecule has 0 radical (unpaired) electrons. The summed E-state index contributed by atoms with van der Waals surface area (Å²) < 4.78 is 12.7. The van der Waals surface area contributed by atoms with E-state index in [4.69, 9.17) is 0 Å². The van der Waals surface area contributed by atoms with Crippen LogP contribution in [-0.2, 0) is 0 Å². The Morgan fingerprint density at radius 2 is 2.10 bits per heavy atom. The van der Waals surface area contributed by atoms with E-state index < -0.39 is 0 Å². The summed E-state index contributed by atoms with van der Waals surface area (Å²) in [5.41, 5.74) is 0.465. The van der Waals surface area contributed by atoms with E-state index in [1.54, 1.807) is 0 Å². The fourth-order valence-electron chi connectivity index (χ4n) is 0.439. The standard InChI is InChI=1S/C8H12FN/c1-6(2)7(3)8(9)5-10-4/h5-6H,3-4H2,1-2H3/b8-5+. The molecule has 0 saturated carbocycles. The average Bonchev–Trinajstić information content (AvgIpc) is 1.87. The second kappa shape index (κ2) is 3.99. The number of halogens is 1. The van der Waals surface area contributed by atoms with Crippen LogP contribution in [0, 0.1) is 5.92 Å². The van der Waals surface area contributed by atoms with Crippen molar-refractivity contribution in [1.29, 1.82) is 0 Å². The summed E-state index contributed by atoms with van der Waals surface area (Å²) in [5.74, 6) is -0.261. The van der Waals surface area contributed by atoms with Gasteiger partial charge in [0.2, 0.25) is 0 Å². The van der Waals surface area contributed by atoms with Crippen molar-refractivity contribution in [3.05, 3.63) is 24.2 Å². The van der Waals surface area contributed by atoms with Gasteiger partial charge in [-0.05, 0) is 18.2 Å². The van der Waals surface area contributed by atoms with Gasteiger partial charge in [0, 0.05) is 0 Å². The summed E-state index contributed by atoms with van der Waals surface area (Å²) in [5, 5.41) is 0. The molecule has 0 aliphatic rings. The molecule has 0 atom stereocenters. The molecule has 0 aliphatic heterocycles. The highest BCUT2D eigenvalue weighted by atomic mass is 19.1. The van der Waals surface area contributed by atoms with E-state index >= 15 is 0 Å². The normalized spacial score (nSPS) is 11.8. The monoisotopic (exact) mass is 141 g/mol. The first-order chi connectivity index (χ1) is 4.59. The van der Waals surface area contributed by atoms with Gasteiger partial charge in [-0.2, -0.15) is 0 Å². The SMILES string of the molecule is C=N/C=C(/F)C(=C)C(C)C. The van der Waals surface area contributed by atoms with Crippen LogP contribution in [0.1, 0.15) is 13.8 Å². The van der Waals surface area contributed by atoms with E-state index in [1.165, 1.54) is 0 Å². The molecule has 0 amide bonds. The quantitative estimate of drug-likeness (QED) is 0.423. The minimum Gasteiger partial charge on any atom is -0.269 e. The van der Waals surface area contributed by atoms with Crippen molar-refractivity contribution in [2.45, 2.75) is 13.8 Å². The van der Waals surface area contributed by atoms with Gasteiger partial charge in [-0.1, -0.05) is 20.4 Å². The van der Waals surface area contributed by atoms with Crippen LogP contribution in [0.2, 0.25) is 0 Å². The van der Waals surface area contributed by atoms with Gasteiger partial charge in [0.15, 0.2) is 0 Å².